The maximum atomic E-state index is 13.8. The Morgan fingerprint density at radius 2 is 0.965 bits per heavy atom. The quantitative estimate of drug-likeness (QED) is 0.0973. The molecule has 22 heteroatoms. The van der Waals surface area contributed by atoms with Crippen molar-refractivity contribution in [3.63, 3.8) is 0 Å². The highest BCUT2D eigenvalue weighted by molar-refractivity contribution is 5.79. The summed E-state index contributed by atoms with van der Waals surface area (Å²) in [6.07, 6.45) is -13.9. The molecule has 2 rings (SSSR count). The highest BCUT2D eigenvalue weighted by atomic mass is 16.8. The van der Waals surface area contributed by atoms with Crippen LogP contribution in [0.4, 0.5) is 0 Å². The Bertz CT molecular complexity index is 1530. The van der Waals surface area contributed by atoms with Gasteiger partial charge < -0.3 is 61.6 Å². The minimum Gasteiger partial charge on any atom is -0.465 e. The number of ether oxygens (including phenoxy) is 13. The first-order valence-corrected chi connectivity index (χ1v) is 17.2. The Kier molecular flexibility index (Phi) is 18.0. The molecule has 320 valence electrons. The molecule has 0 aromatic carbocycles. The van der Waals surface area contributed by atoms with Crippen molar-refractivity contribution in [2.45, 2.75) is 122 Å². The Labute approximate surface area is 326 Å². The Morgan fingerprint density at radius 1 is 0.579 bits per heavy atom. The van der Waals surface area contributed by atoms with Crippen LogP contribution in [0.3, 0.4) is 0 Å². The van der Waals surface area contributed by atoms with Crippen LogP contribution in [0.5, 0.6) is 0 Å². The van der Waals surface area contributed by atoms with E-state index in [9.17, 15) is 43.2 Å². The van der Waals surface area contributed by atoms with Gasteiger partial charge in [0.2, 0.25) is 0 Å². The van der Waals surface area contributed by atoms with Gasteiger partial charge >= 0.3 is 53.7 Å². The third-order valence-electron chi connectivity index (χ3n) is 7.94. The molecular weight excluding hydrogens is 772 g/mol. The van der Waals surface area contributed by atoms with Crippen molar-refractivity contribution in [1.82, 2.24) is 0 Å². The zero-order chi connectivity index (χ0) is 43.2. The molecular formula is C35H48O22. The average molecular weight is 821 g/mol. The highest BCUT2D eigenvalue weighted by Gasteiger charge is 2.62. The van der Waals surface area contributed by atoms with Crippen LogP contribution < -0.4 is 0 Å². The van der Waals surface area contributed by atoms with Gasteiger partial charge in [-0.15, -0.1) is 6.58 Å². The third-order valence-corrected chi connectivity index (χ3v) is 7.94. The van der Waals surface area contributed by atoms with Crippen LogP contribution >= 0.6 is 0 Å². The molecule has 2 aliphatic heterocycles. The molecule has 0 aliphatic carbocycles. The number of hydrogen-bond donors (Lipinski definition) is 0. The fraction of sp³-hybridized carbons (Fsp3) is 0.686. The summed E-state index contributed by atoms with van der Waals surface area (Å²) in [5.41, 5.74) is 0. The van der Waals surface area contributed by atoms with Gasteiger partial charge in [-0.05, 0) is 0 Å². The molecule has 22 nitrogen and oxygen atoms in total. The monoisotopic (exact) mass is 820 g/mol. The van der Waals surface area contributed by atoms with Gasteiger partial charge in [0.25, 0.3) is 11.6 Å². The van der Waals surface area contributed by atoms with E-state index in [2.05, 4.69) is 6.58 Å². The maximum absolute atomic E-state index is 13.8. The largest absolute Gasteiger partial charge is 0.465 e. The number of methoxy groups -OCH3 is 2. The molecule has 0 spiro atoms. The van der Waals surface area contributed by atoms with Gasteiger partial charge in [-0.3, -0.25) is 33.6 Å². The molecule has 0 N–H and O–H groups in total. The lowest BCUT2D eigenvalue weighted by atomic mass is 9.90. The maximum Gasteiger partial charge on any atom is 0.366 e. The number of carbonyl (C=O) groups is 9. The van der Waals surface area contributed by atoms with Crippen molar-refractivity contribution in [3.8, 4) is 0 Å². The van der Waals surface area contributed by atoms with Crippen molar-refractivity contribution in [2.75, 3.05) is 34.0 Å². The van der Waals surface area contributed by atoms with Crippen molar-refractivity contribution >= 4 is 53.7 Å². The van der Waals surface area contributed by atoms with Crippen LogP contribution in [0.15, 0.2) is 12.7 Å². The van der Waals surface area contributed by atoms with Gasteiger partial charge in [0.1, 0.15) is 31.0 Å². The lowest BCUT2D eigenvalue weighted by molar-refractivity contribution is -0.344. The summed E-state index contributed by atoms with van der Waals surface area (Å²) >= 11 is 0. The second-order valence-corrected chi connectivity index (χ2v) is 12.5. The Morgan fingerprint density at radius 3 is 1.30 bits per heavy atom. The summed E-state index contributed by atoms with van der Waals surface area (Å²) in [6, 6.07) is 0. The van der Waals surface area contributed by atoms with E-state index in [1.54, 1.807) is 0 Å². The van der Waals surface area contributed by atoms with E-state index in [-0.39, 0.29) is 6.61 Å². The number of esters is 9. The van der Waals surface area contributed by atoms with Crippen LogP contribution in [0.2, 0.25) is 0 Å². The molecule has 0 aromatic heterocycles. The predicted molar refractivity (Wildman–Crippen MR) is 181 cm³/mol. The van der Waals surface area contributed by atoms with Crippen LogP contribution in [0, 0.1) is 0 Å². The van der Waals surface area contributed by atoms with Gasteiger partial charge in [-0.1, -0.05) is 6.08 Å². The molecule has 0 amide bonds. The number of carbonyl (C=O) groups excluding carboxylic acids is 9. The molecule has 2 saturated heterocycles. The van der Waals surface area contributed by atoms with Crippen molar-refractivity contribution in [1.29, 1.82) is 0 Å². The third kappa shape index (κ3) is 13.5. The second kappa shape index (κ2) is 21.4. The summed E-state index contributed by atoms with van der Waals surface area (Å²) in [7, 11) is 1.92. The van der Waals surface area contributed by atoms with Crippen molar-refractivity contribution < 1.29 is 105 Å². The second-order valence-electron chi connectivity index (χ2n) is 12.5. The fourth-order valence-electron chi connectivity index (χ4n) is 6.05. The minimum atomic E-state index is -2.75. The van der Waals surface area contributed by atoms with Crippen LogP contribution in [-0.4, -0.2) is 148 Å². The molecule has 0 radical (unpaired) electrons. The lowest BCUT2D eigenvalue weighted by Crippen LogP contribution is -2.67. The predicted octanol–water partition coefficient (Wildman–Crippen LogP) is -0.325. The Balaban J connectivity index is 2.86. The average Bonchev–Trinajstić information content (AvgIpc) is 3.10. The SMILES string of the molecule is C=CCO[C@]1(C(=O)OC)C[C@@H](OC(C)=O)[C@@H](OC(C)=O)[C@@H]([C@@H](CO[C@]2(C(=O)OC)C[C@@H](OC(C)=O)[C@@H](OC(C)=O)[C@@H]([C@@H](COC(C)=O)OC(C)=O)O2)OC(C)=O)O1. The van der Waals surface area contributed by atoms with Crippen LogP contribution in [0.25, 0.3) is 0 Å². The van der Waals surface area contributed by atoms with E-state index in [1.807, 2.05) is 0 Å². The smallest absolute Gasteiger partial charge is 0.366 e. The summed E-state index contributed by atoms with van der Waals surface area (Å²) in [4.78, 5) is 113. The summed E-state index contributed by atoms with van der Waals surface area (Å²) in [5.74, 6) is -14.2. The van der Waals surface area contributed by atoms with Crippen molar-refractivity contribution in [2.24, 2.45) is 0 Å². The molecule has 2 fully saturated rings. The topological polar surface area (TPSA) is 274 Å². The van der Waals surface area contributed by atoms with Gasteiger partial charge in [0, 0.05) is 48.5 Å². The van der Waals surface area contributed by atoms with Gasteiger partial charge in [0.05, 0.1) is 40.3 Å². The highest BCUT2D eigenvalue weighted by Crippen LogP contribution is 2.40. The molecule has 0 aromatic rings. The van der Waals surface area contributed by atoms with E-state index in [1.165, 1.54) is 6.08 Å². The molecule has 2 aliphatic rings. The molecule has 0 saturated carbocycles. The standard InChI is InChI=1S/C35H48O22/c1-11-12-48-34(32(43)45-9)13-24(50-18(3)37)29(55-23(8)42)31(56-34)27(53-21(6)40)16-49-35(33(44)46-10)14-25(51-19(4)38)28(54-22(7)41)30(57-35)26(52-20(5)39)15-47-17(2)36/h11,24-31H,1,12-16H2,2-10H3/t24-,25-,26-,27-,28-,29-,30-,31-,34-,35-/m1/s1. The van der Waals surface area contributed by atoms with Crippen LogP contribution in [0.1, 0.15) is 61.3 Å². The summed E-state index contributed by atoms with van der Waals surface area (Å²) in [6.45, 7) is 8.46. The lowest BCUT2D eigenvalue weighted by Gasteiger charge is -2.48. The molecule has 0 unspecified atom stereocenters. The molecule has 10 atom stereocenters. The molecule has 0 bridgehead atoms. The van der Waals surface area contributed by atoms with Crippen LogP contribution in [-0.2, 0) is 105 Å². The summed E-state index contributed by atoms with van der Waals surface area (Å²) in [5, 5.41) is 0. The van der Waals surface area contributed by atoms with E-state index in [0.717, 1.165) is 62.7 Å². The first-order chi connectivity index (χ1) is 26.6. The number of rotatable bonds is 18. The summed E-state index contributed by atoms with van der Waals surface area (Å²) < 4.78 is 71.7. The number of hydrogen-bond acceptors (Lipinski definition) is 22. The van der Waals surface area contributed by atoms with E-state index >= 15 is 0 Å². The van der Waals surface area contributed by atoms with E-state index in [4.69, 9.17) is 61.6 Å². The first-order valence-electron chi connectivity index (χ1n) is 17.2. The molecule has 2 heterocycles. The first kappa shape index (κ1) is 48.0. The van der Waals surface area contributed by atoms with Gasteiger partial charge in [-0.25, -0.2) is 9.59 Å². The normalized spacial score (nSPS) is 27.8. The zero-order valence-corrected chi connectivity index (χ0v) is 32.9. The zero-order valence-electron chi connectivity index (χ0n) is 32.9. The van der Waals surface area contributed by atoms with E-state index < -0.39 is 140 Å². The Hall–Kier alpha value is -5.19. The fourth-order valence-corrected chi connectivity index (χ4v) is 6.05. The van der Waals surface area contributed by atoms with Gasteiger partial charge in [-0.2, -0.15) is 0 Å². The molecule has 57 heavy (non-hydrogen) atoms. The van der Waals surface area contributed by atoms with E-state index in [0.29, 0.717) is 0 Å². The van der Waals surface area contributed by atoms with Gasteiger partial charge in [0.15, 0.2) is 24.4 Å². The van der Waals surface area contributed by atoms with Crippen molar-refractivity contribution in [3.05, 3.63) is 12.7 Å². The minimum absolute atomic E-state index is 0.347.